The third-order valence-electron chi connectivity index (χ3n) is 3.52. The van der Waals surface area contributed by atoms with Gasteiger partial charge in [-0.15, -0.1) is 0 Å². The molecule has 1 atom stereocenters. The molecular formula is C14H18O3. The fourth-order valence-electron chi connectivity index (χ4n) is 2.55. The second kappa shape index (κ2) is 5.32. The summed E-state index contributed by atoms with van der Waals surface area (Å²) < 4.78 is 0. The quantitative estimate of drug-likeness (QED) is 0.841. The summed E-state index contributed by atoms with van der Waals surface area (Å²) in [6.45, 7) is 0. The summed E-state index contributed by atoms with van der Waals surface area (Å²) in [5.74, 6) is -0.450. The number of aliphatic hydroxyl groups excluding tert-OH is 1. The number of carboxylic acids is 1. The first-order valence-corrected chi connectivity index (χ1v) is 6.15. The predicted molar refractivity (Wildman–Crippen MR) is 64.7 cm³/mol. The highest BCUT2D eigenvalue weighted by Crippen LogP contribution is 2.35. The van der Waals surface area contributed by atoms with E-state index in [0.29, 0.717) is 5.92 Å². The van der Waals surface area contributed by atoms with Gasteiger partial charge in [0.2, 0.25) is 0 Å². The number of carboxylic acid groups (broad SMARTS) is 1. The summed E-state index contributed by atoms with van der Waals surface area (Å²) >= 11 is 0. The number of carbonyl (C=O) groups is 1. The summed E-state index contributed by atoms with van der Waals surface area (Å²) in [5.41, 5.74) is 1.69. The molecule has 0 aromatic heterocycles. The number of aliphatic carboxylic acids is 1. The zero-order chi connectivity index (χ0) is 12.3. The highest BCUT2D eigenvalue weighted by atomic mass is 16.4. The van der Waals surface area contributed by atoms with Crippen LogP contribution in [0.3, 0.4) is 0 Å². The number of hydrogen-bond donors (Lipinski definition) is 2. The summed E-state index contributed by atoms with van der Waals surface area (Å²) in [7, 11) is 0. The van der Waals surface area contributed by atoms with Crippen LogP contribution in [0.15, 0.2) is 24.3 Å². The molecule has 92 valence electrons. The SMILES string of the molecule is O=C(O)Cc1ccc(C(O)C2CCCC2)cc1. The Labute approximate surface area is 101 Å². The van der Waals surface area contributed by atoms with E-state index >= 15 is 0 Å². The topological polar surface area (TPSA) is 57.5 Å². The first kappa shape index (κ1) is 12.1. The molecule has 1 fully saturated rings. The van der Waals surface area contributed by atoms with Gasteiger partial charge in [0.1, 0.15) is 0 Å². The van der Waals surface area contributed by atoms with Crippen molar-refractivity contribution in [2.24, 2.45) is 5.92 Å². The van der Waals surface area contributed by atoms with Gasteiger partial charge in [-0.3, -0.25) is 4.79 Å². The average Bonchev–Trinajstić information content (AvgIpc) is 2.82. The Kier molecular flexibility index (Phi) is 3.79. The second-order valence-electron chi connectivity index (χ2n) is 4.80. The van der Waals surface area contributed by atoms with Crippen molar-refractivity contribution in [3.8, 4) is 0 Å². The van der Waals surface area contributed by atoms with Crippen LogP contribution in [0.25, 0.3) is 0 Å². The monoisotopic (exact) mass is 234 g/mol. The maximum Gasteiger partial charge on any atom is 0.307 e. The van der Waals surface area contributed by atoms with E-state index in [1.54, 1.807) is 12.1 Å². The lowest BCUT2D eigenvalue weighted by molar-refractivity contribution is -0.136. The van der Waals surface area contributed by atoms with Crippen molar-refractivity contribution < 1.29 is 15.0 Å². The smallest absolute Gasteiger partial charge is 0.307 e. The molecule has 3 heteroatoms. The minimum Gasteiger partial charge on any atom is -0.481 e. The van der Waals surface area contributed by atoms with E-state index in [-0.39, 0.29) is 6.42 Å². The van der Waals surface area contributed by atoms with Crippen LogP contribution in [-0.2, 0) is 11.2 Å². The van der Waals surface area contributed by atoms with Crippen LogP contribution in [0.2, 0.25) is 0 Å². The molecule has 0 radical (unpaired) electrons. The Balaban J connectivity index is 2.03. The van der Waals surface area contributed by atoms with Crippen molar-refractivity contribution in [3.05, 3.63) is 35.4 Å². The summed E-state index contributed by atoms with van der Waals surface area (Å²) in [5, 5.41) is 18.8. The molecule has 2 rings (SSSR count). The van der Waals surface area contributed by atoms with Crippen LogP contribution in [0.1, 0.15) is 42.9 Å². The molecule has 0 heterocycles. The fourth-order valence-corrected chi connectivity index (χ4v) is 2.55. The van der Waals surface area contributed by atoms with Crippen molar-refractivity contribution in [3.63, 3.8) is 0 Å². The highest BCUT2D eigenvalue weighted by molar-refractivity contribution is 5.70. The summed E-state index contributed by atoms with van der Waals surface area (Å²) in [6, 6.07) is 7.28. The third-order valence-corrected chi connectivity index (χ3v) is 3.52. The van der Waals surface area contributed by atoms with Crippen molar-refractivity contribution in [1.29, 1.82) is 0 Å². The molecular weight excluding hydrogens is 216 g/mol. The van der Waals surface area contributed by atoms with Crippen LogP contribution in [0, 0.1) is 5.92 Å². The van der Waals surface area contributed by atoms with Gasteiger partial charge in [0, 0.05) is 0 Å². The van der Waals surface area contributed by atoms with Crippen molar-refractivity contribution in [2.75, 3.05) is 0 Å². The Morgan fingerprint density at radius 2 is 1.82 bits per heavy atom. The van der Waals surface area contributed by atoms with Crippen molar-refractivity contribution >= 4 is 5.97 Å². The molecule has 1 unspecified atom stereocenters. The Morgan fingerprint density at radius 1 is 1.24 bits per heavy atom. The van der Waals surface area contributed by atoms with Crippen molar-refractivity contribution in [2.45, 2.75) is 38.2 Å². The molecule has 0 saturated heterocycles. The second-order valence-corrected chi connectivity index (χ2v) is 4.80. The van der Waals surface area contributed by atoms with E-state index in [2.05, 4.69) is 0 Å². The Bertz CT molecular complexity index is 377. The van der Waals surface area contributed by atoms with Gasteiger partial charge in [-0.2, -0.15) is 0 Å². The van der Waals surface area contributed by atoms with Gasteiger partial charge in [-0.25, -0.2) is 0 Å². The Morgan fingerprint density at radius 3 is 2.35 bits per heavy atom. The summed E-state index contributed by atoms with van der Waals surface area (Å²) in [4.78, 5) is 10.5. The Hall–Kier alpha value is -1.35. The average molecular weight is 234 g/mol. The number of benzene rings is 1. The normalized spacial score (nSPS) is 18.2. The van der Waals surface area contributed by atoms with Crippen LogP contribution in [-0.4, -0.2) is 16.2 Å². The minimum absolute atomic E-state index is 0.0415. The van der Waals surface area contributed by atoms with E-state index in [0.717, 1.165) is 24.0 Å². The van der Waals surface area contributed by atoms with E-state index < -0.39 is 12.1 Å². The molecule has 1 saturated carbocycles. The molecule has 1 aliphatic carbocycles. The molecule has 2 N–H and O–H groups in total. The molecule has 17 heavy (non-hydrogen) atoms. The maximum atomic E-state index is 10.5. The molecule has 0 spiro atoms. The first-order valence-electron chi connectivity index (χ1n) is 6.15. The van der Waals surface area contributed by atoms with E-state index in [1.165, 1.54) is 12.8 Å². The van der Waals surface area contributed by atoms with Crippen LogP contribution < -0.4 is 0 Å². The lowest BCUT2D eigenvalue weighted by atomic mass is 9.93. The predicted octanol–water partition coefficient (Wildman–Crippen LogP) is 2.54. The zero-order valence-electron chi connectivity index (χ0n) is 9.80. The van der Waals surface area contributed by atoms with Gasteiger partial charge < -0.3 is 10.2 Å². The molecule has 1 aromatic rings. The number of rotatable bonds is 4. The highest BCUT2D eigenvalue weighted by Gasteiger charge is 2.24. The first-order chi connectivity index (χ1) is 8.16. The van der Waals surface area contributed by atoms with Gasteiger partial charge in [0.05, 0.1) is 12.5 Å². The molecule has 0 amide bonds. The maximum absolute atomic E-state index is 10.5. The van der Waals surface area contributed by atoms with Gasteiger partial charge >= 0.3 is 5.97 Å². The number of aliphatic hydroxyl groups is 1. The molecule has 1 aliphatic rings. The van der Waals surface area contributed by atoms with Gasteiger partial charge in [-0.05, 0) is 29.9 Å². The molecule has 0 aliphatic heterocycles. The molecule has 3 nitrogen and oxygen atoms in total. The van der Waals surface area contributed by atoms with Crippen molar-refractivity contribution in [1.82, 2.24) is 0 Å². The fraction of sp³-hybridized carbons (Fsp3) is 0.500. The zero-order valence-corrected chi connectivity index (χ0v) is 9.80. The number of hydrogen-bond acceptors (Lipinski definition) is 2. The van der Waals surface area contributed by atoms with Crippen LogP contribution in [0.4, 0.5) is 0 Å². The molecule has 1 aromatic carbocycles. The van der Waals surface area contributed by atoms with Crippen LogP contribution >= 0.6 is 0 Å². The standard InChI is InChI=1S/C14H18O3/c15-13(16)9-10-5-7-12(8-6-10)14(17)11-3-1-2-4-11/h5-8,11,14,17H,1-4,9H2,(H,15,16). The lowest BCUT2D eigenvalue weighted by Gasteiger charge is -2.18. The van der Waals surface area contributed by atoms with Gasteiger partial charge in [-0.1, -0.05) is 37.1 Å². The van der Waals surface area contributed by atoms with E-state index in [9.17, 15) is 9.90 Å². The third kappa shape index (κ3) is 3.07. The van der Waals surface area contributed by atoms with E-state index in [1.807, 2.05) is 12.1 Å². The van der Waals surface area contributed by atoms with Gasteiger partial charge in [0.15, 0.2) is 0 Å². The van der Waals surface area contributed by atoms with Crippen LogP contribution in [0.5, 0.6) is 0 Å². The minimum atomic E-state index is -0.825. The van der Waals surface area contributed by atoms with Gasteiger partial charge in [0.25, 0.3) is 0 Å². The lowest BCUT2D eigenvalue weighted by Crippen LogP contribution is -2.09. The summed E-state index contributed by atoms with van der Waals surface area (Å²) in [6.07, 6.45) is 4.25. The largest absolute Gasteiger partial charge is 0.481 e. The molecule has 0 bridgehead atoms. The van der Waals surface area contributed by atoms with E-state index in [4.69, 9.17) is 5.11 Å².